The molecule has 0 radical (unpaired) electrons. The predicted molar refractivity (Wildman–Crippen MR) is 78.3 cm³/mol. The molecule has 0 aromatic carbocycles. The Bertz CT molecular complexity index is 388. The van der Waals surface area contributed by atoms with Gasteiger partial charge in [-0.1, -0.05) is 0 Å². The van der Waals surface area contributed by atoms with Crippen molar-refractivity contribution in [3.8, 4) is 0 Å². The third kappa shape index (κ3) is 22.1. The zero-order valence-electron chi connectivity index (χ0n) is 14.1. The number of aliphatic hydroxyl groups excluding tert-OH is 2. The summed E-state index contributed by atoms with van der Waals surface area (Å²) in [5.41, 5.74) is 0. The predicted octanol–water partition coefficient (Wildman–Crippen LogP) is -0.705. The van der Waals surface area contributed by atoms with Crippen molar-refractivity contribution >= 4 is 23.9 Å². The molecule has 0 rings (SSSR count). The van der Waals surface area contributed by atoms with Crippen LogP contribution in [0, 0.1) is 0 Å². The highest BCUT2D eigenvalue weighted by atomic mass is 16.6. The Kier molecular flexibility index (Phi) is 14.4. The van der Waals surface area contributed by atoms with Gasteiger partial charge in [0.2, 0.25) is 6.29 Å². The highest BCUT2D eigenvalue weighted by Gasteiger charge is 2.08. The molecule has 0 aromatic heterocycles. The van der Waals surface area contributed by atoms with E-state index in [2.05, 4.69) is 18.9 Å². The summed E-state index contributed by atoms with van der Waals surface area (Å²) in [6, 6.07) is 0. The third-order valence-electron chi connectivity index (χ3n) is 1.93. The van der Waals surface area contributed by atoms with Gasteiger partial charge in [-0.25, -0.2) is 0 Å². The lowest BCUT2D eigenvalue weighted by Gasteiger charge is -2.09. The van der Waals surface area contributed by atoms with Crippen LogP contribution >= 0.6 is 0 Å². The summed E-state index contributed by atoms with van der Waals surface area (Å²) in [5.74, 6) is -1.94. The number of aliphatic hydroxyl groups is 2. The second kappa shape index (κ2) is 14.4. The zero-order valence-corrected chi connectivity index (χ0v) is 14.1. The lowest BCUT2D eigenvalue weighted by Crippen LogP contribution is -2.24. The van der Waals surface area contributed by atoms with E-state index in [9.17, 15) is 19.2 Å². The summed E-state index contributed by atoms with van der Waals surface area (Å²) < 4.78 is 17.8. The van der Waals surface area contributed by atoms with Gasteiger partial charge in [-0.05, 0) is 0 Å². The Morgan fingerprint density at radius 3 is 1.50 bits per heavy atom. The molecule has 0 aliphatic carbocycles. The minimum Gasteiger partial charge on any atom is -0.466 e. The second-order valence-electron chi connectivity index (χ2n) is 4.45. The Morgan fingerprint density at radius 1 is 0.750 bits per heavy atom. The van der Waals surface area contributed by atoms with Crippen LogP contribution in [-0.4, -0.2) is 66.3 Å². The van der Waals surface area contributed by atoms with Crippen molar-refractivity contribution in [3.05, 3.63) is 0 Å². The summed E-state index contributed by atoms with van der Waals surface area (Å²) in [5, 5.41) is 17.9. The second-order valence-corrected chi connectivity index (χ2v) is 4.45. The van der Waals surface area contributed by atoms with E-state index in [1.165, 1.54) is 27.7 Å². The van der Waals surface area contributed by atoms with Crippen molar-refractivity contribution in [3.63, 3.8) is 0 Å². The van der Waals surface area contributed by atoms with Gasteiger partial charge < -0.3 is 29.2 Å². The lowest BCUT2D eigenvalue weighted by atomic mass is 10.4. The first-order chi connectivity index (χ1) is 11.0. The lowest BCUT2D eigenvalue weighted by molar-refractivity contribution is -0.168. The van der Waals surface area contributed by atoms with E-state index in [0.717, 1.165) is 0 Å². The summed E-state index contributed by atoms with van der Waals surface area (Å²) in [4.78, 5) is 41.0. The first-order valence-electron chi connectivity index (χ1n) is 6.98. The van der Waals surface area contributed by atoms with Crippen LogP contribution in [0.2, 0.25) is 0 Å². The quantitative estimate of drug-likeness (QED) is 0.326. The molecule has 24 heavy (non-hydrogen) atoms. The number of esters is 4. The van der Waals surface area contributed by atoms with Crippen LogP contribution in [0.1, 0.15) is 34.1 Å². The van der Waals surface area contributed by atoms with E-state index in [1.807, 2.05) is 0 Å². The van der Waals surface area contributed by atoms with Gasteiger partial charge in [0.15, 0.2) is 0 Å². The molecule has 0 amide bonds. The summed E-state index contributed by atoms with van der Waals surface area (Å²) in [6.07, 6.45) is -2.04. The first-order valence-corrected chi connectivity index (χ1v) is 6.98. The maximum Gasteiger partial charge on any atom is 0.304 e. The van der Waals surface area contributed by atoms with Gasteiger partial charge >= 0.3 is 23.9 Å². The number of hydrogen-bond acceptors (Lipinski definition) is 10. The molecule has 0 heterocycles. The van der Waals surface area contributed by atoms with Gasteiger partial charge in [-0.15, -0.1) is 0 Å². The van der Waals surface area contributed by atoms with Crippen molar-refractivity contribution in [2.24, 2.45) is 0 Å². The molecule has 0 aromatic rings. The molecule has 0 fully saturated rings. The molecule has 10 heteroatoms. The molecule has 140 valence electrons. The minimum atomic E-state index is -1.19. The van der Waals surface area contributed by atoms with E-state index in [1.54, 1.807) is 0 Å². The largest absolute Gasteiger partial charge is 0.466 e. The number of carbonyl (C=O) groups is 4. The van der Waals surface area contributed by atoms with E-state index >= 15 is 0 Å². The highest BCUT2D eigenvalue weighted by Crippen LogP contribution is 1.95. The molecule has 0 saturated heterocycles. The van der Waals surface area contributed by atoms with Gasteiger partial charge in [0.05, 0.1) is 6.61 Å². The molecule has 0 saturated carbocycles. The molecule has 2 N–H and O–H groups in total. The summed E-state index contributed by atoms with van der Waals surface area (Å²) in [7, 11) is 0. The molecule has 0 aliphatic heterocycles. The van der Waals surface area contributed by atoms with Gasteiger partial charge in [0.1, 0.15) is 19.3 Å². The number of rotatable bonds is 8. The van der Waals surface area contributed by atoms with Crippen LogP contribution in [0.15, 0.2) is 0 Å². The molecule has 0 spiro atoms. The van der Waals surface area contributed by atoms with E-state index in [4.69, 9.17) is 10.2 Å². The van der Waals surface area contributed by atoms with Crippen molar-refractivity contribution in [1.82, 2.24) is 0 Å². The monoisotopic (exact) mass is 352 g/mol. The third-order valence-corrected chi connectivity index (χ3v) is 1.93. The van der Waals surface area contributed by atoms with E-state index in [0.29, 0.717) is 0 Å². The van der Waals surface area contributed by atoms with Gasteiger partial charge in [0.25, 0.3) is 0 Å². The molecule has 0 aliphatic rings. The Labute approximate surface area is 139 Å². The normalized spacial score (nSPS) is 10.8. The van der Waals surface area contributed by atoms with E-state index < -0.39 is 36.3 Å². The standard InChI is InChI=1S/2C7H12O5/c1-5(8)11-3-7(10)4-12-6(2)9;1-5(8)11-4-3-7(10)12-6(2)9/h2*7,10H,3-4H2,1-2H3. The van der Waals surface area contributed by atoms with Crippen molar-refractivity contribution in [2.75, 3.05) is 19.8 Å². The van der Waals surface area contributed by atoms with Crippen LogP contribution in [0.4, 0.5) is 0 Å². The van der Waals surface area contributed by atoms with E-state index in [-0.39, 0.29) is 26.2 Å². The molecule has 1 unspecified atom stereocenters. The highest BCUT2D eigenvalue weighted by molar-refractivity contribution is 5.67. The SMILES string of the molecule is CC(=O)OCC(O)COC(C)=O.CC(=O)OCCC(O)OC(C)=O. The molecular weight excluding hydrogens is 328 g/mol. The molecule has 10 nitrogen and oxygen atoms in total. The minimum absolute atomic E-state index is 0.0454. The average molecular weight is 352 g/mol. The van der Waals surface area contributed by atoms with Crippen molar-refractivity contribution in [1.29, 1.82) is 0 Å². The maximum atomic E-state index is 10.3. The Morgan fingerprint density at radius 2 is 1.17 bits per heavy atom. The van der Waals surface area contributed by atoms with Crippen LogP contribution in [0.5, 0.6) is 0 Å². The topological polar surface area (TPSA) is 146 Å². The number of hydrogen-bond donors (Lipinski definition) is 2. The van der Waals surface area contributed by atoms with Crippen molar-refractivity contribution < 1.29 is 48.3 Å². The fourth-order valence-electron chi connectivity index (χ4n) is 1.03. The summed E-state index contributed by atoms with van der Waals surface area (Å²) >= 11 is 0. The van der Waals surface area contributed by atoms with Gasteiger partial charge in [0, 0.05) is 34.1 Å². The van der Waals surface area contributed by atoms with Gasteiger partial charge in [-0.3, -0.25) is 19.2 Å². The van der Waals surface area contributed by atoms with Crippen LogP contribution in [-0.2, 0) is 38.1 Å². The Balaban J connectivity index is 0. The van der Waals surface area contributed by atoms with Crippen molar-refractivity contribution in [2.45, 2.75) is 46.5 Å². The van der Waals surface area contributed by atoms with Crippen LogP contribution in [0.25, 0.3) is 0 Å². The Hall–Kier alpha value is -2.20. The maximum absolute atomic E-state index is 10.3. The fraction of sp³-hybridized carbons (Fsp3) is 0.714. The molecule has 1 atom stereocenters. The van der Waals surface area contributed by atoms with Gasteiger partial charge in [-0.2, -0.15) is 0 Å². The average Bonchev–Trinajstić information content (AvgIpc) is 2.42. The number of ether oxygens (including phenoxy) is 4. The van der Waals surface area contributed by atoms with Crippen LogP contribution < -0.4 is 0 Å². The molecule has 0 bridgehead atoms. The smallest absolute Gasteiger partial charge is 0.304 e. The zero-order chi connectivity index (χ0) is 19.1. The molecular formula is C14H24O10. The fourth-order valence-corrected chi connectivity index (χ4v) is 1.03. The van der Waals surface area contributed by atoms with Crippen LogP contribution in [0.3, 0.4) is 0 Å². The first kappa shape index (κ1) is 24.1. The number of carbonyl (C=O) groups excluding carboxylic acids is 4. The summed E-state index contributed by atoms with van der Waals surface area (Å²) in [6.45, 7) is 4.67.